The van der Waals surface area contributed by atoms with Crippen LogP contribution in [-0.4, -0.2) is 13.5 Å². The summed E-state index contributed by atoms with van der Waals surface area (Å²) >= 11 is 3.95. The molecule has 0 amide bonds. The molecular weight excluding hydrogens is 357 g/mol. The first-order valence-electron chi connectivity index (χ1n) is 5.10. The van der Waals surface area contributed by atoms with E-state index in [1.807, 2.05) is 0 Å². The van der Waals surface area contributed by atoms with Gasteiger partial charge < -0.3 is 5.11 Å². The minimum Gasteiger partial charge on any atom is -0.391 e. The van der Waals surface area contributed by atoms with Crippen LogP contribution >= 0.6 is 27.3 Å². The van der Waals surface area contributed by atoms with Gasteiger partial charge in [-0.1, -0.05) is 0 Å². The fourth-order valence-electron chi connectivity index (χ4n) is 1.35. The molecule has 8 heteroatoms. The van der Waals surface area contributed by atoms with E-state index in [1.54, 1.807) is 0 Å². The highest BCUT2D eigenvalue weighted by molar-refractivity contribution is 9.10. The smallest absolute Gasteiger partial charge is 0.271 e. The van der Waals surface area contributed by atoms with Crippen molar-refractivity contribution in [2.75, 3.05) is 4.72 Å². The monoisotopic (exact) mass is 365 g/mol. The lowest BCUT2D eigenvalue weighted by Gasteiger charge is -2.06. The van der Waals surface area contributed by atoms with Crippen molar-refractivity contribution in [3.05, 3.63) is 45.5 Å². The number of nitrogens with one attached hydrogen (secondary N) is 1. The molecule has 2 N–H and O–H groups in total. The number of anilines is 1. The molecule has 0 spiro atoms. The molecular formula is C11H9BrFNO3S2. The molecule has 102 valence electrons. The van der Waals surface area contributed by atoms with Crippen LogP contribution in [0.4, 0.5) is 10.1 Å². The van der Waals surface area contributed by atoms with E-state index in [2.05, 4.69) is 20.7 Å². The Kier molecular flexibility index (Phi) is 4.24. The summed E-state index contributed by atoms with van der Waals surface area (Å²) in [5.74, 6) is -0.553. The van der Waals surface area contributed by atoms with Gasteiger partial charge in [0, 0.05) is 4.88 Å². The van der Waals surface area contributed by atoms with Crippen molar-refractivity contribution < 1.29 is 17.9 Å². The van der Waals surface area contributed by atoms with E-state index in [9.17, 15) is 12.8 Å². The third-order valence-electron chi connectivity index (χ3n) is 2.23. The quantitative estimate of drug-likeness (QED) is 0.875. The SMILES string of the molecule is O=S(=O)(Nc1ccc(Br)c(F)c1)c1ccc(CO)s1. The lowest BCUT2D eigenvalue weighted by molar-refractivity contribution is 0.285. The summed E-state index contributed by atoms with van der Waals surface area (Å²) in [6.07, 6.45) is 0. The molecule has 0 saturated heterocycles. The standard InChI is InChI=1S/C11H9BrFNO3S2/c12-9-3-1-7(5-10(9)13)14-19(16,17)11-4-2-8(6-15)18-11/h1-5,14-15H,6H2. The average molecular weight is 366 g/mol. The molecule has 2 rings (SSSR count). The van der Waals surface area contributed by atoms with Crippen LogP contribution in [0.25, 0.3) is 0 Å². The fourth-order valence-corrected chi connectivity index (χ4v) is 3.86. The van der Waals surface area contributed by atoms with Crippen molar-refractivity contribution >= 4 is 43.0 Å². The first kappa shape index (κ1) is 14.4. The van der Waals surface area contributed by atoms with Crippen LogP contribution < -0.4 is 4.72 Å². The molecule has 4 nitrogen and oxygen atoms in total. The molecule has 0 atom stereocenters. The van der Waals surface area contributed by atoms with Gasteiger partial charge in [-0.3, -0.25) is 4.72 Å². The molecule has 0 saturated carbocycles. The molecule has 0 aliphatic rings. The molecule has 0 fully saturated rings. The number of benzene rings is 1. The Bertz CT molecular complexity index is 700. The van der Waals surface area contributed by atoms with Crippen LogP contribution in [0.5, 0.6) is 0 Å². The van der Waals surface area contributed by atoms with Gasteiger partial charge in [0.2, 0.25) is 0 Å². The van der Waals surface area contributed by atoms with Crippen LogP contribution in [0.1, 0.15) is 4.88 Å². The predicted octanol–water partition coefficient (Wildman–Crippen LogP) is 2.94. The Morgan fingerprint density at radius 1 is 1.32 bits per heavy atom. The summed E-state index contributed by atoms with van der Waals surface area (Å²) in [7, 11) is -3.76. The maximum atomic E-state index is 13.3. The van der Waals surface area contributed by atoms with Gasteiger partial charge in [0.1, 0.15) is 10.0 Å². The lowest BCUT2D eigenvalue weighted by Crippen LogP contribution is -2.11. The summed E-state index contributed by atoms with van der Waals surface area (Å²) in [4.78, 5) is 0.544. The number of aliphatic hydroxyl groups excluding tert-OH is 1. The number of rotatable bonds is 4. The Balaban J connectivity index is 2.28. The second-order valence-electron chi connectivity index (χ2n) is 3.61. The van der Waals surface area contributed by atoms with Gasteiger partial charge in [-0.15, -0.1) is 11.3 Å². The Hall–Kier alpha value is -0.960. The number of halogens is 2. The molecule has 0 bridgehead atoms. The van der Waals surface area contributed by atoms with Crippen molar-refractivity contribution in [3.8, 4) is 0 Å². The minimum atomic E-state index is -3.76. The highest BCUT2D eigenvalue weighted by atomic mass is 79.9. The van der Waals surface area contributed by atoms with Crippen LogP contribution in [-0.2, 0) is 16.6 Å². The highest BCUT2D eigenvalue weighted by Crippen LogP contribution is 2.25. The normalized spacial score (nSPS) is 11.5. The molecule has 0 aliphatic carbocycles. The number of sulfonamides is 1. The third kappa shape index (κ3) is 3.33. The number of hydrogen-bond donors (Lipinski definition) is 2. The number of aliphatic hydroxyl groups is 1. The zero-order valence-corrected chi connectivity index (χ0v) is 12.6. The van der Waals surface area contributed by atoms with Gasteiger partial charge in [-0.05, 0) is 46.3 Å². The van der Waals surface area contributed by atoms with E-state index >= 15 is 0 Å². The van der Waals surface area contributed by atoms with E-state index in [0.29, 0.717) is 4.88 Å². The number of thiophene rings is 1. The zero-order chi connectivity index (χ0) is 14.0. The first-order valence-corrected chi connectivity index (χ1v) is 8.19. The van der Waals surface area contributed by atoms with E-state index in [1.165, 1.54) is 24.3 Å². The molecule has 19 heavy (non-hydrogen) atoms. The third-order valence-corrected chi connectivity index (χ3v) is 5.82. The van der Waals surface area contributed by atoms with Crippen LogP contribution in [0, 0.1) is 5.82 Å². The van der Waals surface area contributed by atoms with Gasteiger partial charge in [-0.25, -0.2) is 12.8 Å². The maximum absolute atomic E-state index is 13.3. The molecule has 0 aliphatic heterocycles. The minimum absolute atomic E-state index is 0.0693. The molecule has 1 aromatic carbocycles. The fraction of sp³-hybridized carbons (Fsp3) is 0.0909. The first-order chi connectivity index (χ1) is 8.92. The molecule has 1 aromatic heterocycles. The van der Waals surface area contributed by atoms with Crippen molar-refractivity contribution in [1.82, 2.24) is 0 Å². The van der Waals surface area contributed by atoms with Gasteiger partial charge in [-0.2, -0.15) is 0 Å². The van der Waals surface area contributed by atoms with Gasteiger partial charge >= 0.3 is 0 Å². The van der Waals surface area contributed by atoms with Crippen molar-refractivity contribution in [3.63, 3.8) is 0 Å². The van der Waals surface area contributed by atoms with E-state index in [0.717, 1.165) is 17.4 Å². The second-order valence-corrected chi connectivity index (χ2v) is 7.55. The van der Waals surface area contributed by atoms with Gasteiger partial charge in [0.05, 0.1) is 16.8 Å². The Labute approximate surface area is 122 Å². The van der Waals surface area contributed by atoms with Gasteiger partial charge in [0.15, 0.2) is 0 Å². The average Bonchev–Trinajstić information content (AvgIpc) is 2.83. The van der Waals surface area contributed by atoms with E-state index in [-0.39, 0.29) is 21.0 Å². The summed E-state index contributed by atoms with van der Waals surface area (Å²) < 4.78 is 39.9. The van der Waals surface area contributed by atoms with Crippen molar-refractivity contribution in [1.29, 1.82) is 0 Å². The summed E-state index contributed by atoms with van der Waals surface area (Å²) in [6.45, 7) is -0.215. The molecule has 0 radical (unpaired) electrons. The zero-order valence-electron chi connectivity index (χ0n) is 9.43. The topological polar surface area (TPSA) is 66.4 Å². The van der Waals surface area contributed by atoms with Crippen LogP contribution in [0.3, 0.4) is 0 Å². The van der Waals surface area contributed by atoms with Crippen molar-refractivity contribution in [2.24, 2.45) is 0 Å². The summed E-state index contributed by atoms with van der Waals surface area (Å²) in [6, 6.07) is 6.88. The number of hydrogen-bond acceptors (Lipinski definition) is 4. The van der Waals surface area contributed by atoms with Gasteiger partial charge in [0.25, 0.3) is 10.0 Å². The Morgan fingerprint density at radius 2 is 2.05 bits per heavy atom. The lowest BCUT2D eigenvalue weighted by atomic mass is 10.3. The Morgan fingerprint density at radius 3 is 2.63 bits per heavy atom. The molecule has 1 heterocycles. The van der Waals surface area contributed by atoms with Crippen LogP contribution in [0.2, 0.25) is 0 Å². The maximum Gasteiger partial charge on any atom is 0.271 e. The molecule has 2 aromatic rings. The summed E-state index contributed by atoms with van der Waals surface area (Å²) in [5.41, 5.74) is 0.139. The predicted molar refractivity (Wildman–Crippen MR) is 75.2 cm³/mol. The van der Waals surface area contributed by atoms with E-state index in [4.69, 9.17) is 5.11 Å². The highest BCUT2D eigenvalue weighted by Gasteiger charge is 2.17. The van der Waals surface area contributed by atoms with Crippen molar-refractivity contribution in [2.45, 2.75) is 10.8 Å². The van der Waals surface area contributed by atoms with E-state index < -0.39 is 15.8 Å². The van der Waals surface area contributed by atoms with Crippen LogP contribution in [0.15, 0.2) is 39.0 Å². The largest absolute Gasteiger partial charge is 0.391 e. The second kappa shape index (κ2) is 5.58. The summed E-state index contributed by atoms with van der Waals surface area (Å²) in [5, 5.41) is 8.91. The molecule has 0 unspecified atom stereocenters.